The van der Waals surface area contributed by atoms with Crippen molar-refractivity contribution >= 4 is 0 Å². The number of hydrogen-bond acceptors (Lipinski definition) is 2. The molecule has 0 saturated heterocycles. The number of hydrogen-bond donors (Lipinski definition) is 2. The predicted molar refractivity (Wildman–Crippen MR) is 36.6 cm³/mol. The lowest BCUT2D eigenvalue weighted by atomic mass is 10.2. The second-order valence-corrected chi connectivity index (χ2v) is 1.96. The monoisotopic (exact) mass is 138 g/mol. The van der Waals surface area contributed by atoms with Crippen LogP contribution in [0.25, 0.3) is 0 Å². The molecule has 3 heteroatoms. The van der Waals surface area contributed by atoms with Gasteiger partial charge in [0.2, 0.25) is 0 Å². The van der Waals surface area contributed by atoms with Gasteiger partial charge in [-0.1, -0.05) is 12.1 Å². The van der Waals surface area contributed by atoms with E-state index in [0.29, 0.717) is 5.56 Å². The van der Waals surface area contributed by atoms with Crippen molar-refractivity contribution in [3.63, 3.8) is 0 Å². The Labute approximate surface area is 58.7 Å². The Kier molecular flexibility index (Phi) is 1.78. The van der Waals surface area contributed by atoms with Crippen LogP contribution in [-0.2, 0) is 6.54 Å². The summed E-state index contributed by atoms with van der Waals surface area (Å²) in [5.41, 5.74) is 7.35. The first-order valence-electron chi connectivity index (χ1n) is 2.90. The Balaban J connectivity index is 3.14. The molecule has 3 N–H and O–H groups in total. The third kappa shape index (κ3) is 1.04. The molecule has 0 heterocycles. The molecule has 53 valence electrons. The molecule has 0 spiro atoms. The SMILES string of the molecule is [NH]Cc1cccc(O)c1O. The van der Waals surface area contributed by atoms with Gasteiger partial charge in [-0.25, -0.2) is 0 Å². The first-order chi connectivity index (χ1) is 4.75. The number of benzene rings is 1. The molecule has 0 atom stereocenters. The number of rotatable bonds is 1. The molecular weight excluding hydrogens is 130 g/mol. The van der Waals surface area contributed by atoms with Crippen molar-refractivity contribution in [2.24, 2.45) is 0 Å². The lowest BCUT2D eigenvalue weighted by molar-refractivity contribution is 0.399. The van der Waals surface area contributed by atoms with Gasteiger partial charge in [-0.15, -0.1) is 0 Å². The van der Waals surface area contributed by atoms with Crippen LogP contribution >= 0.6 is 0 Å². The minimum absolute atomic E-state index is 0.0137. The minimum atomic E-state index is -0.183. The first-order valence-corrected chi connectivity index (χ1v) is 2.90. The van der Waals surface area contributed by atoms with Crippen LogP contribution in [0.4, 0.5) is 0 Å². The smallest absolute Gasteiger partial charge is 0.162 e. The lowest BCUT2D eigenvalue weighted by Gasteiger charge is -2.00. The summed E-state index contributed by atoms with van der Waals surface area (Å²) in [7, 11) is 0. The van der Waals surface area contributed by atoms with Crippen LogP contribution in [0.5, 0.6) is 11.5 Å². The molecule has 1 radical (unpaired) electrons. The van der Waals surface area contributed by atoms with E-state index in [1.54, 1.807) is 12.1 Å². The minimum Gasteiger partial charge on any atom is -0.504 e. The normalized spacial score (nSPS) is 9.70. The van der Waals surface area contributed by atoms with Crippen LogP contribution in [0.2, 0.25) is 0 Å². The highest BCUT2D eigenvalue weighted by Gasteiger charge is 2.01. The van der Waals surface area contributed by atoms with Crippen molar-refractivity contribution < 1.29 is 10.2 Å². The predicted octanol–water partition coefficient (Wildman–Crippen LogP) is 0.881. The van der Waals surface area contributed by atoms with Crippen molar-refractivity contribution in [1.82, 2.24) is 5.73 Å². The number of para-hydroxylation sites is 1. The average molecular weight is 138 g/mol. The van der Waals surface area contributed by atoms with Gasteiger partial charge in [-0.05, 0) is 6.07 Å². The highest BCUT2D eigenvalue weighted by atomic mass is 16.3. The highest BCUT2D eigenvalue weighted by Crippen LogP contribution is 2.27. The number of phenolic OH excluding ortho intramolecular Hbond substituents is 2. The largest absolute Gasteiger partial charge is 0.504 e. The summed E-state index contributed by atoms with van der Waals surface area (Å²) in [6.45, 7) is -0.0137. The van der Waals surface area contributed by atoms with Crippen molar-refractivity contribution in [2.75, 3.05) is 0 Å². The third-order valence-corrected chi connectivity index (χ3v) is 1.29. The summed E-state index contributed by atoms with van der Waals surface area (Å²) in [6, 6.07) is 4.58. The molecule has 1 aromatic rings. The van der Waals surface area contributed by atoms with E-state index in [0.717, 1.165) is 0 Å². The van der Waals surface area contributed by atoms with Crippen LogP contribution in [0, 0.1) is 0 Å². The standard InChI is InChI=1S/C7H8NO2/c8-4-5-2-1-3-6(9)7(5)10/h1-3,8-10H,4H2. The van der Waals surface area contributed by atoms with Gasteiger partial charge in [0.1, 0.15) is 0 Å². The fourth-order valence-electron chi connectivity index (χ4n) is 0.720. The summed E-state index contributed by atoms with van der Waals surface area (Å²) in [5.74, 6) is -0.345. The van der Waals surface area contributed by atoms with E-state index in [-0.39, 0.29) is 18.0 Å². The van der Waals surface area contributed by atoms with Crippen molar-refractivity contribution in [3.8, 4) is 11.5 Å². The topological polar surface area (TPSA) is 64.3 Å². The molecule has 10 heavy (non-hydrogen) atoms. The Morgan fingerprint density at radius 3 is 2.50 bits per heavy atom. The number of aromatic hydroxyl groups is 2. The molecule has 0 unspecified atom stereocenters. The average Bonchev–Trinajstić information content (AvgIpc) is 1.95. The van der Waals surface area contributed by atoms with Crippen LogP contribution in [0.15, 0.2) is 18.2 Å². The molecule has 0 aliphatic carbocycles. The van der Waals surface area contributed by atoms with E-state index in [1.165, 1.54) is 6.07 Å². The van der Waals surface area contributed by atoms with E-state index in [4.69, 9.17) is 15.9 Å². The molecule has 0 aromatic heterocycles. The molecule has 3 nitrogen and oxygen atoms in total. The van der Waals surface area contributed by atoms with E-state index in [2.05, 4.69) is 0 Å². The molecule has 0 saturated carbocycles. The summed E-state index contributed by atoms with van der Waals surface area (Å²) >= 11 is 0. The van der Waals surface area contributed by atoms with Gasteiger partial charge in [0.15, 0.2) is 11.5 Å². The maximum Gasteiger partial charge on any atom is 0.162 e. The van der Waals surface area contributed by atoms with Crippen molar-refractivity contribution in [1.29, 1.82) is 0 Å². The zero-order valence-electron chi connectivity index (χ0n) is 5.33. The molecule has 1 rings (SSSR count). The Hall–Kier alpha value is -1.22. The van der Waals surface area contributed by atoms with E-state index < -0.39 is 0 Å². The van der Waals surface area contributed by atoms with E-state index >= 15 is 0 Å². The molecule has 0 aliphatic rings. The summed E-state index contributed by atoms with van der Waals surface area (Å²) in [6.07, 6.45) is 0. The maximum atomic E-state index is 9.03. The Morgan fingerprint density at radius 2 is 2.00 bits per heavy atom. The number of phenols is 2. The van der Waals surface area contributed by atoms with Gasteiger partial charge in [0, 0.05) is 12.1 Å². The van der Waals surface area contributed by atoms with Crippen LogP contribution in [0.3, 0.4) is 0 Å². The number of nitrogens with one attached hydrogen (secondary N) is 1. The van der Waals surface area contributed by atoms with Gasteiger partial charge in [-0.2, -0.15) is 0 Å². The molecule has 1 aromatic carbocycles. The van der Waals surface area contributed by atoms with Gasteiger partial charge in [-0.3, -0.25) is 5.73 Å². The van der Waals surface area contributed by atoms with Crippen molar-refractivity contribution in [2.45, 2.75) is 6.54 Å². The Morgan fingerprint density at radius 1 is 1.30 bits per heavy atom. The lowest BCUT2D eigenvalue weighted by Crippen LogP contribution is -1.84. The second-order valence-electron chi connectivity index (χ2n) is 1.96. The van der Waals surface area contributed by atoms with Crippen molar-refractivity contribution in [3.05, 3.63) is 23.8 Å². The van der Waals surface area contributed by atoms with Gasteiger partial charge in [0.05, 0.1) is 0 Å². The molecule has 0 fully saturated rings. The molecule has 0 aliphatic heterocycles. The summed E-state index contributed by atoms with van der Waals surface area (Å²) in [5, 5.41) is 17.9. The second kappa shape index (κ2) is 2.58. The first kappa shape index (κ1) is 6.89. The zero-order chi connectivity index (χ0) is 7.56. The Bertz CT molecular complexity index is 235. The maximum absolute atomic E-state index is 9.03. The zero-order valence-corrected chi connectivity index (χ0v) is 5.33. The fourth-order valence-corrected chi connectivity index (χ4v) is 0.720. The quantitative estimate of drug-likeness (QED) is 0.566. The van der Waals surface area contributed by atoms with E-state index in [9.17, 15) is 0 Å². The summed E-state index contributed by atoms with van der Waals surface area (Å²) < 4.78 is 0. The van der Waals surface area contributed by atoms with Gasteiger partial charge in [0.25, 0.3) is 0 Å². The molecule has 0 bridgehead atoms. The van der Waals surface area contributed by atoms with Crippen LogP contribution in [0.1, 0.15) is 5.56 Å². The molecule has 0 amide bonds. The fraction of sp³-hybridized carbons (Fsp3) is 0.143. The third-order valence-electron chi connectivity index (χ3n) is 1.29. The van der Waals surface area contributed by atoms with Gasteiger partial charge >= 0.3 is 0 Å². The summed E-state index contributed by atoms with van der Waals surface area (Å²) in [4.78, 5) is 0. The molecular formula is C7H8NO2. The van der Waals surface area contributed by atoms with Gasteiger partial charge < -0.3 is 10.2 Å². The van der Waals surface area contributed by atoms with E-state index in [1.807, 2.05) is 0 Å². The highest BCUT2D eigenvalue weighted by molar-refractivity contribution is 5.43. The van der Waals surface area contributed by atoms with Crippen LogP contribution < -0.4 is 5.73 Å². The van der Waals surface area contributed by atoms with Crippen LogP contribution in [-0.4, -0.2) is 10.2 Å².